The number of anilines is 1. The minimum atomic E-state index is -4.68. The number of halogens is 3. The monoisotopic (exact) mass is 427 g/mol. The fourth-order valence-electron chi connectivity index (χ4n) is 2.65. The lowest BCUT2D eigenvalue weighted by Gasteiger charge is -2.13. The summed E-state index contributed by atoms with van der Waals surface area (Å²) < 4.78 is 82.2. The smallest absolute Gasteiger partial charge is 0.416 e. The van der Waals surface area contributed by atoms with Gasteiger partial charge in [0.25, 0.3) is 15.9 Å². The molecule has 4 rings (SSSR count). The number of ether oxygens (including phenoxy) is 2. The van der Waals surface area contributed by atoms with Gasteiger partial charge in [-0.25, -0.2) is 8.42 Å². The highest BCUT2D eigenvalue weighted by molar-refractivity contribution is 7.92. The van der Waals surface area contributed by atoms with Crippen LogP contribution in [0.2, 0.25) is 0 Å². The van der Waals surface area contributed by atoms with E-state index in [-0.39, 0.29) is 29.7 Å². The van der Waals surface area contributed by atoms with Crippen LogP contribution in [0, 0.1) is 6.92 Å². The topological polar surface area (TPSA) is 104 Å². The van der Waals surface area contributed by atoms with Crippen LogP contribution in [0.15, 0.2) is 45.8 Å². The van der Waals surface area contributed by atoms with Crippen LogP contribution in [0.4, 0.5) is 18.9 Å². The molecular weight excluding hydrogens is 415 g/mol. The third-order valence-electron chi connectivity index (χ3n) is 3.99. The molecule has 1 N–H and O–H groups in total. The molecule has 0 aliphatic carbocycles. The van der Waals surface area contributed by atoms with E-state index in [4.69, 9.17) is 14.0 Å². The lowest BCUT2D eigenvalue weighted by molar-refractivity contribution is -0.137. The van der Waals surface area contributed by atoms with Gasteiger partial charge in [-0.3, -0.25) is 4.72 Å². The Hall–Kier alpha value is -3.28. The summed E-state index contributed by atoms with van der Waals surface area (Å²) in [5.74, 6) is 0.900. The molecule has 1 aliphatic rings. The molecule has 0 unspecified atom stereocenters. The van der Waals surface area contributed by atoms with Crippen molar-refractivity contribution < 1.29 is 35.6 Å². The molecule has 1 aliphatic heterocycles. The van der Waals surface area contributed by atoms with Crippen molar-refractivity contribution in [3.63, 3.8) is 0 Å². The van der Waals surface area contributed by atoms with Crippen molar-refractivity contribution in [2.45, 2.75) is 18.0 Å². The van der Waals surface area contributed by atoms with Crippen LogP contribution < -0.4 is 14.2 Å². The summed E-state index contributed by atoms with van der Waals surface area (Å²) in [5.41, 5.74) is -0.917. The maximum Gasteiger partial charge on any atom is 0.416 e. The fourth-order valence-corrected chi connectivity index (χ4v) is 3.77. The van der Waals surface area contributed by atoms with E-state index in [9.17, 15) is 21.6 Å². The van der Waals surface area contributed by atoms with Crippen LogP contribution in [-0.2, 0) is 16.2 Å². The molecule has 0 atom stereocenters. The zero-order valence-electron chi connectivity index (χ0n) is 14.6. The normalized spacial score (nSPS) is 13.5. The Balaban J connectivity index is 1.77. The Kier molecular flexibility index (Phi) is 4.37. The third-order valence-corrected chi connectivity index (χ3v) is 5.35. The Morgan fingerprint density at radius 3 is 2.48 bits per heavy atom. The fraction of sp³-hybridized carbons (Fsp3) is 0.176. The molecule has 0 amide bonds. The standard InChI is InChI=1S/C17H12F3N3O5S/c1-9-21-16(28-22-9)12-6-14-15(27-8-26-14)7-13(12)23-29(24,25)11-4-2-3-10(5-11)17(18,19)20/h2-7,23H,8H2,1H3. The van der Waals surface area contributed by atoms with Gasteiger partial charge in [-0.05, 0) is 31.2 Å². The number of aryl methyl sites for hydroxylation is 1. The van der Waals surface area contributed by atoms with Gasteiger partial charge < -0.3 is 14.0 Å². The van der Waals surface area contributed by atoms with Crippen LogP contribution in [0.5, 0.6) is 11.5 Å². The summed E-state index contributed by atoms with van der Waals surface area (Å²) in [6.07, 6.45) is -4.68. The van der Waals surface area contributed by atoms with Crippen molar-refractivity contribution in [2.75, 3.05) is 11.5 Å². The van der Waals surface area contributed by atoms with Gasteiger partial charge in [0.15, 0.2) is 17.3 Å². The van der Waals surface area contributed by atoms with E-state index in [1.54, 1.807) is 6.92 Å². The van der Waals surface area contributed by atoms with Crippen molar-refractivity contribution in [1.82, 2.24) is 10.1 Å². The quantitative estimate of drug-likeness (QED) is 0.679. The average molecular weight is 427 g/mol. The van der Waals surface area contributed by atoms with Gasteiger partial charge in [-0.15, -0.1) is 0 Å². The SMILES string of the molecule is Cc1noc(-c2cc3c(cc2NS(=O)(=O)c2cccc(C(F)(F)F)c2)OCO3)n1. The average Bonchev–Trinajstić information content (AvgIpc) is 3.28. The van der Waals surface area contributed by atoms with E-state index in [1.165, 1.54) is 12.1 Å². The molecule has 0 bridgehead atoms. The summed E-state index contributed by atoms with van der Waals surface area (Å²) in [6, 6.07) is 6.18. The van der Waals surface area contributed by atoms with Gasteiger partial charge in [0.1, 0.15) is 0 Å². The third kappa shape index (κ3) is 3.70. The Labute approximate surface area is 162 Å². The molecule has 12 heteroatoms. The number of hydrogen-bond acceptors (Lipinski definition) is 7. The molecule has 0 fully saturated rings. The molecule has 0 spiro atoms. The van der Waals surface area contributed by atoms with Gasteiger partial charge in [0.2, 0.25) is 6.79 Å². The Morgan fingerprint density at radius 1 is 1.10 bits per heavy atom. The van der Waals surface area contributed by atoms with Gasteiger partial charge in [-0.1, -0.05) is 11.2 Å². The molecule has 0 saturated carbocycles. The Morgan fingerprint density at radius 2 is 1.83 bits per heavy atom. The van der Waals surface area contributed by atoms with Crippen LogP contribution in [0.25, 0.3) is 11.5 Å². The van der Waals surface area contributed by atoms with Crippen molar-refractivity contribution in [3.05, 3.63) is 47.8 Å². The van der Waals surface area contributed by atoms with Gasteiger partial charge >= 0.3 is 6.18 Å². The van der Waals surface area contributed by atoms with Gasteiger partial charge in [-0.2, -0.15) is 18.2 Å². The largest absolute Gasteiger partial charge is 0.454 e. The highest BCUT2D eigenvalue weighted by Crippen LogP contribution is 2.41. The first-order valence-corrected chi connectivity index (χ1v) is 9.56. The first-order valence-electron chi connectivity index (χ1n) is 8.08. The number of benzene rings is 2. The maximum atomic E-state index is 12.9. The van der Waals surface area contributed by atoms with Gasteiger partial charge in [0.05, 0.1) is 21.7 Å². The predicted molar refractivity (Wildman–Crippen MR) is 92.8 cm³/mol. The second-order valence-corrected chi connectivity index (χ2v) is 7.71. The summed E-state index contributed by atoms with van der Waals surface area (Å²) in [5, 5.41) is 3.66. The zero-order valence-corrected chi connectivity index (χ0v) is 15.5. The number of nitrogens with one attached hydrogen (secondary N) is 1. The number of sulfonamides is 1. The van der Waals surface area contributed by atoms with Crippen molar-refractivity contribution >= 4 is 15.7 Å². The second kappa shape index (κ2) is 6.65. The molecule has 2 heterocycles. The number of alkyl halides is 3. The summed E-state index contributed by atoms with van der Waals surface area (Å²) in [6.45, 7) is 1.51. The molecule has 3 aromatic rings. The molecular formula is C17H12F3N3O5S. The van der Waals surface area contributed by atoms with Crippen molar-refractivity contribution in [1.29, 1.82) is 0 Å². The maximum absolute atomic E-state index is 12.9. The lowest BCUT2D eigenvalue weighted by atomic mass is 10.1. The minimum Gasteiger partial charge on any atom is -0.454 e. The number of rotatable bonds is 4. The Bertz CT molecular complexity index is 1190. The summed E-state index contributed by atoms with van der Waals surface area (Å²) in [4.78, 5) is 3.50. The van der Waals surface area contributed by atoms with E-state index >= 15 is 0 Å². The van der Waals surface area contributed by atoms with E-state index in [0.29, 0.717) is 17.6 Å². The highest BCUT2D eigenvalue weighted by Gasteiger charge is 2.32. The highest BCUT2D eigenvalue weighted by atomic mass is 32.2. The molecule has 29 heavy (non-hydrogen) atoms. The summed E-state index contributed by atoms with van der Waals surface area (Å²) in [7, 11) is -4.37. The summed E-state index contributed by atoms with van der Waals surface area (Å²) >= 11 is 0. The van der Waals surface area contributed by atoms with E-state index in [0.717, 1.165) is 18.2 Å². The number of fused-ring (bicyclic) bond motifs is 1. The van der Waals surface area contributed by atoms with Crippen LogP contribution in [-0.4, -0.2) is 25.4 Å². The molecule has 0 saturated heterocycles. The van der Waals surface area contributed by atoms with Crippen molar-refractivity contribution in [2.24, 2.45) is 0 Å². The van der Waals surface area contributed by atoms with Crippen LogP contribution in [0.3, 0.4) is 0 Å². The first-order chi connectivity index (χ1) is 13.6. The number of hydrogen-bond donors (Lipinski definition) is 1. The molecule has 152 valence electrons. The first kappa shape index (κ1) is 19.1. The second-order valence-electron chi connectivity index (χ2n) is 6.03. The number of nitrogens with zero attached hydrogens (tertiary/aromatic N) is 2. The zero-order chi connectivity index (χ0) is 20.8. The van der Waals surface area contributed by atoms with E-state index in [2.05, 4.69) is 14.9 Å². The minimum absolute atomic E-state index is 0.00235. The molecule has 2 aromatic carbocycles. The van der Waals surface area contributed by atoms with Crippen LogP contribution in [0.1, 0.15) is 11.4 Å². The molecule has 0 radical (unpaired) electrons. The lowest BCUT2D eigenvalue weighted by Crippen LogP contribution is -2.15. The molecule has 1 aromatic heterocycles. The predicted octanol–water partition coefficient (Wildman–Crippen LogP) is 3.59. The number of aromatic nitrogens is 2. The van der Waals surface area contributed by atoms with E-state index in [1.807, 2.05) is 0 Å². The molecule has 8 nitrogen and oxygen atoms in total. The van der Waals surface area contributed by atoms with Crippen LogP contribution >= 0.6 is 0 Å². The van der Waals surface area contributed by atoms with Crippen molar-refractivity contribution in [3.8, 4) is 23.0 Å². The van der Waals surface area contributed by atoms with Gasteiger partial charge in [0, 0.05) is 6.07 Å². The van der Waals surface area contributed by atoms with E-state index < -0.39 is 26.7 Å².